The van der Waals surface area contributed by atoms with Crippen molar-refractivity contribution in [2.24, 2.45) is 0 Å². The Kier molecular flexibility index (Phi) is 5.55. The molecule has 3 amide bonds. The summed E-state index contributed by atoms with van der Waals surface area (Å²) in [5, 5.41) is 2.59. The summed E-state index contributed by atoms with van der Waals surface area (Å²) in [5.74, 6) is 0.700. The van der Waals surface area contributed by atoms with Gasteiger partial charge in [-0.1, -0.05) is 6.07 Å². The maximum Gasteiger partial charge on any atom is 0.387 e. The lowest BCUT2D eigenvalue weighted by atomic mass is 10.2. The third-order valence-corrected chi connectivity index (χ3v) is 4.61. The number of carbonyl (C=O) groups excluding carboxylic acids is 2. The molecule has 1 saturated heterocycles. The molecule has 2 aliphatic rings. The minimum absolute atomic E-state index is 0.0650. The molecule has 1 fully saturated rings. The van der Waals surface area contributed by atoms with Crippen molar-refractivity contribution in [3.63, 3.8) is 0 Å². The Balaban J connectivity index is 1.37. The van der Waals surface area contributed by atoms with E-state index in [-0.39, 0.29) is 18.3 Å². The average molecular weight is 419 g/mol. The Bertz CT molecular complexity index is 956. The van der Waals surface area contributed by atoms with Gasteiger partial charge in [0.25, 0.3) is 0 Å². The molecule has 2 aliphatic heterocycles. The number of fused-ring (bicyclic) bond motifs is 1. The number of alkyl halides is 2. The summed E-state index contributed by atoms with van der Waals surface area (Å²) in [4.78, 5) is 28.0. The molecule has 0 spiro atoms. The highest BCUT2D eigenvalue weighted by Gasteiger charge is 2.31. The van der Waals surface area contributed by atoms with E-state index in [1.165, 1.54) is 23.1 Å². The summed E-state index contributed by atoms with van der Waals surface area (Å²) in [6.07, 6.45) is 0. The van der Waals surface area contributed by atoms with Crippen LogP contribution in [0.15, 0.2) is 42.5 Å². The fourth-order valence-corrected chi connectivity index (χ4v) is 3.29. The normalized spacial score (nSPS) is 15.5. The van der Waals surface area contributed by atoms with Crippen LogP contribution in [0.5, 0.6) is 17.2 Å². The highest BCUT2D eigenvalue weighted by molar-refractivity contribution is 5.99. The lowest BCUT2D eigenvalue weighted by molar-refractivity contribution is -0.116. The molecule has 2 heterocycles. The molecule has 0 aromatic heterocycles. The molecular formula is C20H19F2N3O5. The smallest absolute Gasteiger partial charge is 0.387 e. The van der Waals surface area contributed by atoms with Gasteiger partial charge >= 0.3 is 12.6 Å². The molecule has 4 rings (SSSR count). The maximum absolute atomic E-state index is 12.7. The van der Waals surface area contributed by atoms with E-state index in [0.29, 0.717) is 49.2 Å². The van der Waals surface area contributed by atoms with Crippen molar-refractivity contribution in [3.05, 3.63) is 42.5 Å². The third kappa shape index (κ3) is 4.37. The van der Waals surface area contributed by atoms with Crippen LogP contribution >= 0.6 is 0 Å². The van der Waals surface area contributed by atoms with E-state index >= 15 is 0 Å². The predicted octanol–water partition coefficient (Wildman–Crippen LogP) is 2.94. The number of hydrogen-bond donors (Lipinski definition) is 1. The van der Waals surface area contributed by atoms with Crippen LogP contribution in [0.3, 0.4) is 0 Å². The molecule has 158 valence electrons. The molecule has 0 bridgehead atoms. The van der Waals surface area contributed by atoms with Gasteiger partial charge in [-0.3, -0.25) is 9.69 Å². The van der Waals surface area contributed by atoms with E-state index in [2.05, 4.69) is 10.1 Å². The van der Waals surface area contributed by atoms with Gasteiger partial charge in [0.15, 0.2) is 11.5 Å². The van der Waals surface area contributed by atoms with Crippen LogP contribution in [0.4, 0.5) is 25.0 Å². The molecule has 0 saturated carbocycles. The zero-order valence-corrected chi connectivity index (χ0v) is 15.8. The van der Waals surface area contributed by atoms with Crippen molar-refractivity contribution in [3.8, 4) is 17.2 Å². The lowest BCUT2D eigenvalue weighted by Gasteiger charge is -2.22. The SMILES string of the molecule is O=C(CN1CCN(c2ccc3c(c2)OCCO3)C1=O)Nc1cccc(OC(F)F)c1. The van der Waals surface area contributed by atoms with Gasteiger partial charge in [-0.25, -0.2) is 4.79 Å². The van der Waals surface area contributed by atoms with Crippen LogP contribution in [0.1, 0.15) is 0 Å². The summed E-state index contributed by atoms with van der Waals surface area (Å²) >= 11 is 0. The predicted molar refractivity (Wildman–Crippen MR) is 103 cm³/mol. The van der Waals surface area contributed by atoms with Crippen molar-refractivity contribution in [1.29, 1.82) is 0 Å². The Hall–Kier alpha value is -3.56. The lowest BCUT2D eigenvalue weighted by Crippen LogP contribution is -2.37. The number of nitrogens with zero attached hydrogens (tertiary/aromatic N) is 2. The number of amides is 3. The molecule has 30 heavy (non-hydrogen) atoms. The first-order valence-electron chi connectivity index (χ1n) is 9.30. The minimum Gasteiger partial charge on any atom is -0.486 e. The number of carbonyl (C=O) groups is 2. The third-order valence-electron chi connectivity index (χ3n) is 4.61. The zero-order valence-electron chi connectivity index (χ0n) is 15.8. The highest BCUT2D eigenvalue weighted by atomic mass is 19.3. The molecule has 8 nitrogen and oxygen atoms in total. The summed E-state index contributed by atoms with van der Waals surface area (Å²) < 4.78 is 40.0. The van der Waals surface area contributed by atoms with Gasteiger partial charge < -0.3 is 24.4 Å². The first kappa shape index (κ1) is 19.7. The summed E-state index contributed by atoms with van der Waals surface area (Å²) in [6.45, 7) is -1.40. The second-order valence-corrected chi connectivity index (χ2v) is 6.64. The van der Waals surface area contributed by atoms with E-state index in [1.807, 2.05) is 0 Å². The fourth-order valence-electron chi connectivity index (χ4n) is 3.29. The maximum atomic E-state index is 12.7. The number of ether oxygens (including phenoxy) is 3. The average Bonchev–Trinajstić information content (AvgIpc) is 3.07. The molecular weight excluding hydrogens is 400 g/mol. The minimum atomic E-state index is -2.95. The van der Waals surface area contributed by atoms with Gasteiger partial charge in [0.2, 0.25) is 5.91 Å². The van der Waals surface area contributed by atoms with Gasteiger partial charge in [0.05, 0.1) is 0 Å². The van der Waals surface area contributed by atoms with Crippen molar-refractivity contribution in [2.45, 2.75) is 6.61 Å². The number of rotatable bonds is 6. The van der Waals surface area contributed by atoms with Crippen LogP contribution in [0, 0.1) is 0 Å². The summed E-state index contributed by atoms with van der Waals surface area (Å²) in [7, 11) is 0. The van der Waals surface area contributed by atoms with Gasteiger partial charge in [-0.2, -0.15) is 8.78 Å². The molecule has 0 unspecified atom stereocenters. The number of anilines is 2. The molecule has 10 heteroatoms. The molecule has 1 N–H and O–H groups in total. The second kappa shape index (κ2) is 8.44. The van der Waals surface area contributed by atoms with Crippen molar-refractivity contribution in [1.82, 2.24) is 4.90 Å². The quantitative estimate of drug-likeness (QED) is 0.779. The van der Waals surface area contributed by atoms with E-state index in [0.717, 1.165) is 0 Å². The Labute approximate surface area is 170 Å². The van der Waals surface area contributed by atoms with Crippen molar-refractivity contribution >= 4 is 23.3 Å². The van der Waals surface area contributed by atoms with Crippen LogP contribution < -0.4 is 24.4 Å². The van der Waals surface area contributed by atoms with E-state index in [1.54, 1.807) is 29.2 Å². The van der Waals surface area contributed by atoms with Crippen molar-refractivity contribution in [2.75, 3.05) is 43.1 Å². The van der Waals surface area contributed by atoms with Crippen LogP contribution in [-0.2, 0) is 4.79 Å². The number of hydrogen-bond acceptors (Lipinski definition) is 5. The summed E-state index contributed by atoms with van der Waals surface area (Å²) in [6, 6.07) is 10.6. The van der Waals surface area contributed by atoms with Crippen molar-refractivity contribution < 1.29 is 32.6 Å². The Morgan fingerprint density at radius 2 is 1.90 bits per heavy atom. The zero-order chi connectivity index (χ0) is 21.1. The van der Waals surface area contributed by atoms with Gasteiger partial charge in [-0.15, -0.1) is 0 Å². The molecule has 2 aromatic carbocycles. The fraction of sp³-hybridized carbons (Fsp3) is 0.300. The molecule has 0 aliphatic carbocycles. The first-order chi connectivity index (χ1) is 14.5. The molecule has 0 radical (unpaired) electrons. The van der Waals surface area contributed by atoms with E-state index in [4.69, 9.17) is 9.47 Å². The largest absolute Gasteiger partial charge is 0.486 e. The number of benzene rings is 2. The molecule has 0 atom stereocenters. The molecule has 2 aromatic rings. The van der Waals surface area contributed by atoms with Gasteiger partial charge in [0, 0.05) is 36.6 Å². The Morgan fingerprint density at radius 3 is 2.70 bits per heavy atom. The van der Waals surface area contributed by atoms with Gasteiger partial charge in [0.1, 0.15) is 25.5 Å². The van der Waals surface area contributed by atoms with Crippen LogP contribution in [0.2, 0.25) is 0 Å². The number of halogens is 2. The second-order valence-electron chi connectivity index (χ2n) is 6.64. The Morgan fingerprint density at radius 1 is 1.10 bits per heavy atom. The van der Waals surface area contributed by atoms with E-state index in [9.17, 15) is 18.4 Å². The standard InChI is InChI=1S/C20H19F2N3O5/c21-19(22)30-15-3-1-2-13(10-15)23-18(26)12-24-6-7-25(20(24)27)14-4-5-16-17(11-14)29-9-8-28-16/h1-5,10-11,19H,6-9,12H2,(H,23,26). The van der Waals surface area contributed by atoms with Crippen LogP contribution in [0.25, 0.3) is 0 Å². The van der Waals surface area contributed by atoms with Crippen LogP contribution in [-0.4, -0.2) is 56.3 Å². The monoisotopic (exact) mass is 419 g/mol. The number of urea groups is 1. The van der Waals surface area contributed by atoms with Gasteiger partial charge in [-0.05, 0) is 24.3 Å². The summed E-state index contributed by atoms with van der Waals surface area (Å²) in [5.41, 5.74) is 0.956. The van der Waals surface area contributed by atoms with E-state index < -0.39 is 12.5 Å². The number of nitrogens with one attached hydrogen (secondary N) is 1. The highest BCUT2D eigenvalue weighted by Crippen LogP contribution is 2.35. The first-order valence-corrected chi connectivity index (χ1v) is 9.30. The topological polar surface area (TPSA) is 80.3 Å².